The van der Waals surface area contributed by atoms with Crippen LogP contribution in [-0.4, -0.2) is 16.9 Å². The number of nitrogens with one attached hydrogen (secondary N) is 2. The van der Waals surface area contributed by atoms with E-state index in [0.717, 1.165) is 29.3 Å². The van der Waals surface area contributed by atoms with Gasteiger partial charge in [0.05, 0.1) is 5.41 Å². The Hall–Kier alpha value is -1.48. The number of fused-ring (bicyclic) bond motifs is 1. The second-order valence-corrected chi connectivity index (χ2v) is 7.26. The van der Waals surface area contributed by atoms with E-state index in [0.29, 0.717) is 11.1 Å². The van der Waals surface area contributed by atoms with E-state index in [-0.39, 0.29) is 5.91 Å². The molecule has 2 aromatic rings. The predicted molar refractivity (Wildman–Crippen MR) is 91.4 cm³/mol. The van der Waals surface area contributed by atoms with Crippen molar-refractivity contribution in [2.75, 3.05) is 0 Å². The van der Waals surface area contributed by atoms with Crippen LogP contribution in [0.5, 0.6) is 0 Å². The minimum atomic E-state index is -0.566. The molecule has 3 rings (SSSR count). The van der Waals surface area contributed by atoms with Crippen molar-refractivity contribution in [1.82, 2.24) is 10.3 Å². The summed E-state index contributed by atoms with van der Waals surface area (Å²) in [4.78, 5) is 16.0. The van der Waals surface area contributed by atoms with Crippen LogP contribution >= 0.6 is 11.6 Å². The van der Waals surface area contributed by atoms with Crippen LogP contribution in [0.2, 0.25) is 5.02 Å². The Morgan fingerprint density at radius 2 is 2.00 bits per heavy atom. The lowest BCUT2D eigenvalue weighted by molar-refractivity contribution is -0.126. The first-order chi connectivity index (χ1) is 10.5. The van der Waals surface area contributed by atoms with Crippen LogP contribution < -0.4 is 5.32 Å². The molecule has 0 spiro atoms. The molecule has 1 aromatic heterocycles. The summed E-state index contributed by atoms with van der Waals surface area (Å²) in [7, 11) is 0. The van der Waals surface area contributed by atoms with Gasteiger partial charge in [0.2, 0.25) is 5.91 Å². The number of aromatic nitrogens is 1. The number of hydrogen-bond acceptors (Lipinski definition) is 1. The van der Waals surface area contributed by atoms with Crippen LogP contribution in [0, 0.1) is 0 Å². The number of hydrogen-bond donors (Lipinski definition) is 2. The van der Waals surface area contributed by atoms with E-state index in [1.165, 1.54) is 19.3 Å². The summed E-state index contributed by atoms with van der Waals surface area (Å²) in [6, 6.07) is 6.09. The Morgan fingerprint density at radius 1 is 1.27 bits per heavy atom. The van der Waals surface area contributed by atoms with E-state index in [1.54, 1.807) is 0 Å². The van der Waals surface area contributed by atoms with Crippen LogP contribution in [0.1, 0.15) is 51.5 Å². The van der Waals surface area contributed by atoms with Gasteiger partial charge in [0.1, 0.15) is 0 Å². The first-order valence-electron chi connectivity index (χ1n) is 8.06. The van der Waals surface area contributed by atoms with Crippen molar-refractivity contribution in [2.24, 2.45) is 0 Å². The third-order valence-electron chi connectivity index (χ3n) is 4.83. The van der Waals surface area contributed by atoms with Crippen molar-refractivity contribution in [1.29, 1.82) is 0 Å². The molecule has 1 heterocycles. The van der Waals surface area contributed by atoms with Gasteiger partial charge in [0.15, 0.2) is 0 Å². The summed E-state index contributed by atoms with van der Waals surface area (Å²) < 4.78 is 0. The molecular weight excluding hydrogens is 296 g/mol. The number of H-pyrrole nitrogens is 1. The van der Waals surface area contributed by atoms with Gasteiger partial charge in [0, 0.05) is 28.2 Å². The maximum Gasteiger partial charge on any atom is 0.230 e. The highest BCUT2D eigenvalue weighted by Crippen LogP contribution is 2.32. The molecule has 0 unspecified atom stereocenters. The zero-order chi connectivity index (χ0) is 15.7. The van der Waals surface area contributed by atoms with Crippen molar-refractivity contribution >= 4 is 28.4 Å². The predicted octanol–water partition coefficient (Wildman–Crippen LogP) is 4.55. The van der Waals surface area contributed by atoms with Crippen LogP contribution in [-0.2, 0) is 10.2 Å². The van der Waals surface area contributed by atoms with Crippen LogP contribution in [0.4, 0.5) is 0 Å². The van der Waals surface area contributed by atoms with E-state index in [2.05, 4.69) is 10.3 Å². The normalized spacial score (nSPS) is 16.9. The summed E-state index contributed by atoms with van der Waals surface area (Å²) in [6.45, 7) is 3.98. The Bertz CT molecular complexity index is 683. The molecule has 1 amide bonds. The molecule has 1 aromatic carbocycles. The molecule has 1 aliphatic carbocycles. The summed E-state index contributed by atoms with van der Waals surface area (Å²) in [5.74, 6) is 0.107. The minimum Gasteiger partial charge on any atom is -0.361 e. The Kier molecular flexibility index (Phi) is 4.18. The standard InChI is InChI=1S/C18H23ClN2O/c1-18(2,17(22)21-13-6-4-3-5-7-13)15-11-20-16-10-12(19)8-9-14(15)16/h8-11,13,20H,3-7H2,1-2H3,(H,21,22). The molecule has 22 heavy (non-hydrogen) atoms. The fraction of sp³-hybridized carbons (Fsp3) is 0.500. The van der Waals surface area contributed by atoms with Crippen LogP contribution in [0.3, 0.4) is 0 Å². The average molecular weight is 319 g/mol. The monoisotopic (exact) mass is 318 g/mol. The number of rotatable bonds is 3. The van der Waals surface area contributed by atoms with Crippen LogP contribution in [0.25, 0.3) is 10.9 Å². The molecular formula is C18H23ClN2O. The highest BCUT2D eigenvalue weighted by atomic mass is 35.5. The zero-order valence-corrected chi connectivity index (χ0v) is 14.0. The van der Waals surface area contributed by atoms with Crippen molar-refractivity contribution in [3.05, 3.63) is 35.0 Å². The number of aromatic amines is 1. The molecule has 0 saturated heterocycles. The number of carbonyl (C=O) groups excluding carboxylic acids is 1. The topological polar surface area (TPSA) is 44.9 Å². The average Bonchev–Trinajstić information content (AvgIpc) is 2.91. The molecule has 3 nitrogen and oxygen atoms in total. The second-order valence-electron chi connectivity index (χ2n) is 6.83. The fourth-order valence-corrected chi connectivity index (χ4v) is 3.52. The van der Waals surface area contributed by atoms with Gasteiger partial charge in [-0.25, -0.2) is 0 Å². The van der Waals surface area contributed by atoms with E-state index < -0.39 is 5.41 Å². The highest BCUT2D eigenvalue weighted by Gasteiger charge is 2.33. The van der Waals surface area contributed by atoms with Gasteiger partial charge in [-0.05, 0) is 44.4 Å². The SMILES string of the molecule is CC(C)(C(=O)NC1CCCCC1)c1c[nH]c2cc(Cl)ccc12. The summed E-state index contributed by atoms with van der Waals surface area (Å²) in [5.41, 5.74) is 1.43. The smallest absolute Gasteiger partial charge is 0.230 e. The lowest BCUT2D eigenvalue weighted by Crippen LogP contribution is -2.45. The van der Waals surface area contributed by atoms with Crippen molar-refractivity contribution in [3.63, 3.8) is 0 Å². The Morgan fingerprint density at radius 3 is 2.73 bits per heavy atom. The van der Waals surface area contributed by atoms with Gasteiger partial charge >= 0.3 is 0 Å². The molecule has 1 fully saturated rings. The molecule has 0 bridgehead atoms. The Balaban J connectivity index is 1.85. The lowest BCUT2D eigenvalue weighted by Gasteiger charge is -2.29. The molecule has 2 N–H and O–H groups in total. The van der Waals surface area contributed by atoms with Gasteiger partial charge < -0.3 is 10.3 Å². The molecule has 1 saturated carbocycles. The molecule has 118 valence electrons. The molecule has 0 radical (unpaired) electrons. The van der Waals surface area contributed by atoms with Crippen LogP contribution in [0.15, 0.2) is 24.4 Å². The maximum atomic E-state index is 12.8. The first-order valence-corrected chi connectivity index (χ1v) is 8.44. The quantitative estimate of drug-likeness (QED) is 0.857. The van der Waals surface area contributed by atoms with E-state index >= 15 is 0 Å². The number of halogens is 1. The lowest BCUT2D eigenvalue weighted by atomic mass is 9.82. The van der Waals surface area contributed by atoms with Gasteiger partial charge in [-0.1, -0.05) is 36.9 Å². The number of benzene rings is 1. The first kappa shape index (κ1) is 15.4. The molecule has 1 aliphatic rings. The molecule has 4 heteroatoms. The van der Waals surface area contributed by atoms with Crippen molar-refractivity contribution < 1.29 is 4.79 Å². The third-order valence-corrected chi connectivity index (χ3v) is 5.06. The fourth-order valence-electron chi connectivity index (χ4n) is 3.35. The molecule has 0 atom stereocenters. The molecule has 0 aliphatic heterocycles. The van der Waals surface area contributed by atoms with Gasteiger partial charge in [-0.3, -0.25) is 4.79 Å². The largest absolute Gasteiger partial charge is 0.361 e. The van der Waals surface area contributed by atoms with Gasteiger partial charge in [-0.2, -0.15) is 0 Å². The summed E-state index contributed by atoms with van der Waals surface area (Å²) >= 11 is 6.03. The Labute approximate surface area is 136 Å². The third kappa shape index (κ3) is 2.87. The highest BCUT2D eigenvalue weighted by molar-refractivity contribution is 6.31. The van der Waals surface area contributed by atoms with E-state index in [4.69, 9.17) is 11.6 Å². The minimum absolute atomic E-state index is 0.107. The van der Waals surface area contributed by atoms with Crippen molar-refractivity contribution in [2.45, 2.75) is 57.4 Å². The number of amides is 1. The van der Waals surface area contributed by atoms with E-state index in [1.807, 2.05) is 38.2 Å². The van der Waals surface area contributed by atoms with Gasteiger partial charge in [-0.15, -0.1) is 0 Å². The summed E-state index contributed by atoms with van der Waals surface area (Å²) in [6.07, 6.45) is 7.87. The summed E-state index contributed by atoms with van der Waals surface area (Å²) in [5, 5.41) is 5.01. The zero-order valence-electron chi connectivity index (χ0n) is 13.2. The second kappa shape index (κ2) is 5.96. The van der Waals surface area contributed by atoms with Crippen molar-refractivity contribution in [3.8, 4) is 0 Å². The maximum absolute atomic E-state index is 12.8. The van der Waals surface area contributed by atoms with E-state index in [9.17, 15) is 4.79 Å². The number of carbonyl (C=O) groups is 1. The van der Waals surface area contributed by atoms with Gasteiger partial charge in [0.25, 0.3) is 0 Å².